The molecule has 0 spiro atoms. The van der Waals surface area contributed by atoms with Crippen LogP contribution in [0.25, 0.3) is 0 Å². The summed E-state index contributed by atoms with van der Waals surface area (Å²) in [6.07, 6.45) is 5.20. The maximum atomic E-state index is 6.22. The van der Waals surface area contributed by atoms with Crippen LogP contribution < -0.4 is 5.73 Å². The zero-order chi connectivity index (χ0) is 11.5. The van der Waals surface area contributed by atoms with Gasteiger partial charge >= 0.3 is 0 Å². The molecule has 0 aliphatic heterocycles. The molecule has 1 aromatic rings. The number of hydrogen-bond acceptors (Lipinski definition) is 1. The van der Waals surface area contributed by atoms with Crippen molar-refractivity contribution in [3.05, 3.63) is 35.4 Å². The molecule has 2 rings (SSSR count). The molecule has 1 nitrogen and oxygen atoms in total. The first-order valence-electron chi connectivity index (χ1n) is 6.52. The van der Waals surface area contributed by atoms with E-state index in [0.29, 0.717) is 5.92 Å². The van der Waals surface area contributed by atoms with Crippen LogP contribution in [0, 0.1) is 5.92 Å². The van der Waals surface area contributed by atoms with Crippen LogP contribution in [0.3, 0.4) is 0 Å². The smallest absolute Gasteiger partial charge is 0.0297 e. The highest BCUT2D eigenvalue weighted by molar-refractivity contribution is 5.29. The first kappa shape index (κ1) is 11.7. The lowest BCUT2D eigenvalue weighted by molar-refractivity contribution is 0.419. The Morgan fingerprint density at radius 2 is 2.06 bits per heavy atom. The Labute approximate surface area is 99.0 Å². The van der Waals surface area contributed by atoms with Crippen LogP contribution in [-0.4, -0.2) is 0 Å². The summed E-state index contributed by atoms with van der Waals surface area (Å²) in [6.45, 7) is 4.46. The molecule has 1 heteroatoms. The lowest BCUT2D eigenvalue weighted by Crippen LogP contribution is -2.14. The molecule has 1 atom stereocenters. The Morgan fingerprint density at radius 1 is 1.31 bits per heavy atom. The predicted molar refractivity (Wildman–Crippen MR) is 69.4 cm³/mol. The van der Waals surface area contributed by atoms with Crippen LogP contribution in [0.5, 0.6) is 0 Å². The van der Waals surface area contributed by atoms with E-state index in [1.165, 1.54) is 30.4 Å². The minimum atomic E-state index is 0.208. The van der Waals surface area contributed by atoms with Gasteiger partial charge in [-0.2, -0.15) is 0 Å². The Bertz CT molecular complexity index is 339. The van der Waals surface area contributed by atoms with Gasteiger partial charge in [-0.15, -0.1) is 0 Å². The van der Waals surface area contributed by atoms with Crippen molar-refractivity contribution in [2.75, 3.05) is 0 Å². The standard InChI is InChI=1S/C15H23N/c1-11(2)9-15(16)14-8-4-7-13(10-14)12-5-3-6-12/h4,7-8,10-12,15H,3,5-6,9,16H2,1-2H3. The van der Waals surface area contributed by atoms with E-state index in [9.17, 15) is 0 Å². The van der Waals surface area contributed by atoms with E-state index in [4.69, 9.17) is 5.73 Å². The van der Waals surface area contributed by atoms with Crippen LogP contribution in [0.2, 0.25) is 0 Å². The fourth-order valence-corrected chi connectivity index (χ4v) is 2.43. The third-order valence-corrected chi connectivity index (χ3v) is 3.64. The molecule has 1 saturated carbocycles. The van der Waals surface area contributed by atoms with E-state index >= 15 is 0 Å². The maximum Gasteiger partial charge on any atom is 0.0297 e. The normalized spacial score (nSPS) is 18.5. The van der Waals surface area contributed by atoms with Crippen molar-refractivity contribution in [2.24, 2.45) is 11.7 Å². The highest BCUT2D eigenvalue weighted by Crippen LogP contribution is 2.37. The molecule has 1 aliphatic carbocycles. The second-order valence-electron chi connectivity index (χ2n) is 5.53. The van der Waals surface area contributed by atoms with Gasteiger partial charge < -0.3 is 5.73 Å². The van der Waals surface area contributed by atoms with Gasteiger partial charge in [-0.3, -0.25) is 0 Å². The summed E-state index contributed by atoms with van der Waals surface area (Å²) in [6, 6.07) is 9.14. The predicted octanol–water partition coefficient (Wildman–Crippen LogP) is 4.00. The van der Waals surface area contributed by atoms with Crippen molar-refractivity contribution in [1.82, 2.24) is 0 Å². The van der Waals surface area contributed by atoms with Crippen molar-refractivity contribution < 1.29 is 0 Å². The first-order valence-corrected chi connectivity index (χ1v) is 6.52. The molecule has 0 saturated heterocycles. The molecule has 1 aliphatic rings. The molecule has 1 unspecified atom stereocenters. The second-order valence-corrected chi connectivity index (χ2v) is 5.53. The van der Waals surface area contributed by atoms with Crippen molar-refractivity contribution in [3.63, 3.8) is 0 Å². The van der Waals surface area contributed by atoms with Gasteiger partial charge in [0.1, 0.15) is 0 Å². The highest BCUT2D eigenvalue weighted by atomic mass is 14.6. The van der Waals surface area contributed by atoms with Gasteiger partial charge in [-0.05, 0) is 42.2 Å². The Morgan fingerprint density at radius 3 is 2.62 bits per heavy atom. The number of hydrogen-bond donors (Lipinski definition) is 1. The summed E-state index contributed by atoms with van der Waals surface area (Å²) in [5.74, 6) is 1.48. The van der Waals surface area contributed by atoms with Gasteiger partial charge in [-0.25, -0.2) is 0 Å². The summed E-state index contributed by atoms with van der Waals surface area (Å²) < 4.78 is 0. The lowest BCUT2D eigenvalue weighted by atomic mass is 9.79. The third-order valence-electron chi connectivity index (χ3n) is 3.64. The molecular formula is C15H23N. The summed E-state index contributed by atoms with van der Waals surface area (Å²) >= 11 is 0. The fraction of sp³-hybridized carbons (Fsp3) is 0.600. The molecular weight excluding hydrogens is 194 g/mol. The molecule has 88 valence electrons. The molecule has 1 fully saturated rings. The van der Waals surface area contributed by atoms with E-state index in [0.717, 1.165) is 12.3 Å². The molecule has 0 amide bonds. The van der Waals surface area contributed by atoms with Crippen LogP contribution in [-0.2, 0) is 0 Å². The summed E-state index contributed by atoms with van der Waals surface area (Å²) in [5.41, 5.74) is 9.04. The van der Waals surface area contributed by atoms with Gasteiger partial charge in [0.25, 0.3) is 0 Å². The van der Waals surface area contributed by atoms with E-state index in [2.05, 4.69) is 38.1 Å². The monoisotopic (exact) mass is 217 g/mol. The zero-order valence-corrected chi connectivity index (χ0v) is 10.4. The van der Waals surface area contributed by atoms with Crippen LogP contribution in [0.4, 0.5) is 0 Å². The van der Waals surface area contributed by atoms with Crippen molar-refractivity contribution in [2.45, 2.75) is 51.5 Å². The van der Waals surface area contributed by atoms with Crippen LogP contribution in [0.15, 0.2) is 24.3 Å². The van der Waals surface area contributed by atoms with E-state index < -0.39 is 0 Å². The second kappa shape index (κ2) is 5.01. The molecule has 0 heterocycles. The van der Waals surface area contributed by atoms with Gasteiger partial charge in [0.2, 0.25) is 0 Å². The van der Waals surface area contributed by atoms with Gasteiger partial charge in [-0.1, -0.05) is 44.5 Å². The zero-order valence-electron chi connectivity index (χ0n) is 10.4. The number of nitrogens with two attached hydrogens (primary N) is 1. The highest BCUT2D eigenvalue weighted by Gasteiger charge is 2.20. The first-order chi connectivity index (χ1) is 7.66. The topological polar surface area (TPSA) is 26.0 Å². The minimum absolute atomic E-state index is 0.208. The summed E-state index contributed by atoms with van der Waals surface area (Å²) in [7, 11) is 0. The Hall–Kier alpha value is -0.820. The maximum absolute atomic E-state index is 6.22. The molecule has 1 aromatic carbocycles. The fourth-order valence-electron chi connectivity index (χ4n) is 2.43. The quantitative estimate of drug-likeness (QED) is 0.810. The van der Waals surface area contributed by atoms with Crippen molar-refractivity contribution >= 4 is 0 Å². The largest absolute Gasteiger partial charge is 0.324 e. The van der Waals surface area contributed by atoms with Gasteiger partial charge in [0, 0.05) is 6.04 Å². The minimum Gasteiger partial charge on any atom is -0.324 e. The molecule has 0 radical (unpaired) electrons. The van der Waals surface area contributed by atoms with Crippen LogP contribution in [0.1, 0.15) is 62.6 Å². The number of benzene rings is 1. The van der Waals surface area contributed by atoms with E-state index in [-0.39, 0.29) is 6.04 Å². The third kappa shape index (κ3) is 2.65. The van der Waals surface area contributed by atoms with Crippen LogP contribution >= 0.6 is 0 Å². The van der Waals surface area contributed by atoms with Gasteiger partial charge in [0.15, 0.2) is 0 Å². The summed E-state index contributed by atoms with van der Waals surface area (Å²) in [4.78, 5) is 0. The van der Waals surface area contributed by atoms with E-state index in [1.54, 1.807) is 0 Å². The Kier molecular flexibility index (Phi) is 3.65. The Balaban J connectivity index is 2.08. The SMILES string of the molecule is CC(C)CC(N)c1cccc(C2CCC2)c1. The average molecular weight is 217 g/mol. The average Bonchev–Trinajstić information content (AvgIpc) is 2.14. The lowest BCUT2D eigenvalue weighted by Gasteiger charge is -2.26. The van der Waals surface area contributed by atoms with E-state index in [1.807, 2.05) is 0 Å². The molecule has 2 N–H and O–H groups in total. The van der Waals surface area contributed by atoms with Crippen molar-refractivity contribution in [3.8, 4) is 0 Å². The van der Waals surface area contributed by atoms with Crippen molar-refractivity contribution in [1.29, 1.82) is 0 Å². The molecule has 16 heavy (non-hydrogen) atoms. The van der Waals surface area contributed by atoms with Gasteiger partial charge in [0.05, 0.1) is 0 Å². The molecule has 0 aromatic heterocycles. The molecule has 0 bridgehead atoms. The summed E-state index contributed by atoms with van der Waals surface area (Å²) in [5, 5.41) is 0. The number of rotatable bonds is 4.